The molecule has 15 heavy (non-hydrogen) atoms. The van der Waals surface area contributed by atoms with Crippen molar-refractivity contribution in [2.75, 3.05) is 12.4 Å². The Morgan fingerprint density at radius 2 is 2.27 bits per heavy atom. The molecule has 1 saturated carbocycles. The van der Waals surface area contributed by atoms with E-state index in [0.717, 1.165) is 5.75 Å². The van der Waals surface area contributed by atoms with E-state index in [1.165, 1.54) is 11.8 Å². The van der Waals surface area contributed by atoms with Crippen LogP contribution in [0.5, 0.6) is 0 Å². The Kier molecular flexibility index (Phi) is 1.38. The number of nitrogens with zero attached hydrogens (tertiary/aromatic N) is 3. The van der Waals surface area contributed by atoms with Crippen molar-refractivity contribution in [3.63, 3.8) is 0 Å². The molecule has 3 aliphatic rings. The fraction of sp³-hybridized carbons (Fsp3) is 0.667. The van der Waals surface area contributed by atoms with Gasteiger partial charge in [-0.1, -0.05) is 11.8 Å². The monoisotopic (exact) mass is 220 g/mol. The lowest BCUT2D eigenvalue weighted by Crippen LogP contribution is -2.33. The van der Waals surface area contributed by atoms with E-state index < -0.39 is 15.9 Å². The predicted octanol–water partition coefficient (Wildman–Crippen LogP) is 0.198. The number of ether oxygens (including phenoxy) is 1. The van der Waals surface area contributed by atoms with Gasteiger partial charge < -0.3 is 10.5 Å². The van der Waals surface area contributed by atoms with Gasteiger partial charge in [-0.05, 0) is 0 Å². The molecule has 2 aliphatic heterocycles. The van der Waals surface area contributed by atoms with Crippen LogP contribution in [0.2, 0.25) is 0 Å². The van der Waals surface area contributed by atoms with Crippen molar-refractivity contribution in [1.82, 2.24) is 0 Å². The molecular formula is C9H8N4OS. The number of nitriles is 2. The van der Waals surface area contributed by atoms with Crippen molar-refractivity contribution in [1.29, 1.82) is 10.5 Å². The summed E-state index contributed by atoms with van der Waals surface area (Å²) in [4.78, 5) is 4.23. The number of aliphatic imine (C=N–C) groups is 1. The minimum atomic E-state index is -0.901. The minimum Gasteiger partial charge on any atom is -0.386 e. The summed E-state index contributed by atoms with van der Waals surface area (Å²) in [5.41, 5.74) is 4.03. The van der Waals surface area contributed by atoms with Gasteiger partial charge in [-0.25, -0.2) is 4.99 Å². The number of rotatable bonds is 0. The molecule has 2 N–H and O–H groups in total. The lowest BCUT2D eigenvalue weighted by Gasteiger charge is -2.24. The highest BCUT2D eigenvalue weighted by molar-refractivity contribution is 8.00. The van der Waals surface area contributed by atoms with E-state index in [1.807, 2.05) is 0 Å². The van der Waals surface area contributed by atoms with Crippen LogP contribution in [0, 0.1) is 33.5 Å². The first-order chi connectivity index (χ1) is 7.16. The lowest BCUT2D eigenvalue weighted by molar-refractivity contribution is 0.0220. The van der Waals surface area contributed by atoms with Crippen molar-refractivity contribution in [3.05, 3.63) is 0 Å². The topological polar surface area (TPSA) is 95.2 Å². The fourth-order valence-corrected chi connectivity index (χ4v) is 3.82. The smallest absolute Gasteiger partial charge is 0.230 e. The largest absolute Gasteiger partial charge is 0.386 e. The Balaban J connectivity index is 2.17. The number of nitrogens with two attached hydrogens (primary N) is 1. The first-order valence-electron chi connectivity index (χ1n) is 4.63. The molecule has 0 bridgehead atoms. The van der Waals surface area contributed by atoms with Gasteiger partial charge >= 0.3 is 0 Å². The molecule has 2 heterocycles. The van der Waals surface area contributed by atoms with Crippen LogP contribution in [0.3, 0.4) is 0 Å². The second-order valence-corrected chi connectivity index (χ2v) is 5.24. The molecule has 0 radical (unpaired) electrons. The molecule has 1 spiro atoms. The van der Waals surface area contributed by atoms with E-state index in [4.69, 9.17) is 15.7 Å². The first-order valence-corrected chi connectivity index (χ1v) is 5.61. The van der Waals surface area contributed by atoms with Gasteiger partial charge in [0.05, 0.1) is 18.7 Å². The van der Waals surface area contributed by atoms with Gasteiger partial charge in [0.25, 0.3) is 0 Å². The highest BCUT2D eigenvalue weighted by Crippen LogP contribution is 2.76. The molecule has 3 atom stereocenters. The Bertz CT molecular complexity index is 456. The molecule has 1 saturated heterocycles. The maximum absolute atomic E-state index is 9.28. The molecule has 5 nitrogen and oxygen atoms in total. The average molecular weight is 220 g/mol. The Morgan fingerprint density at radius 1 is 1.47 bits per heavy atom. The summed E-state index contributed by atoms with van der Waals surface area (Å²) in [6, 6.07) is 4.34. The van der Waals surface area contributed by atoms with E-state index in [0.29, 0.717) is 13.0 Å². The van der Waals surface area contributed by atoms with Crippen LogP contribution in [-0.2, 0) is 4.74 Å². The van der Waals surface area contributed by atoms with Gasteiger partial charge in [-0.3, -0.25) is 0 Å². The minimum absolute atomic E-state index is 0.265. The Morgan fingerprint density at radius 3 is 2.73 bits per heavy atom. The summed E-state index contributed by atoms with van der Waals surface area (Å²) >= 11 is 1.48. The van der Waals surface area contributed by atoms with Crippen LogP contribution in [0.1, 0.15) is 6.42 Å². The van der Waals surface area contributed by atoms with Crippen LogP contribution in [0.25, 0.3) is 0 Å². The maximum atomic E-state index is 9.28. The third-order valence-corrected chi connectivity index (χ3v) is 4.76. The van der Waals surface area contributed by atoms with Crippen molar-refractivity contribution in [2.45, 2.75) is 11.5 Å². The summed E-state index contributed by atoms with van der Waals surface area (Å²) in [5, 5.41) is 17.5. The molecule has 2 fully saturated rings. The van der Waals surface area contributed by atoms with Crippen LogP contribution in [-0.4, -0.2) is 23.3 Å². The van der Waals surface area contributed by atoms with E-state index in [2.05, 4.69) is 17.1 Å². The molecule has 3 rings (SSSR count). The fourth-order valence-electron chi connectivity index (χ4n) is 2.50. The van der Waals surface area contributed by atoms with Crippen LogP contribution < -0.4 is 5.73 Å². The molecular weight excluding hydrogens is 212 g/mol. The van der Waals surface area contributed by atoms with Crippen molar-refractivity contribution < 1.29 is 4.74 Å². The standard InChI is InChI=1S/C9H8N4OS/c10-4-7-3-8(7,5-11)9(13-6(7)12)14-1-2-15-9/h1-3H2,(H2,12,13)/t7-,8+,9+/m0/s1. The Labute approximate surface area is 90.9 Å². The normalized spacial score (nSPS) is 50.7. The number of hydrogen-bond donors (Lipinski definition) is 1. The molecule has 1 aliphatic carbocycles. The first kappa shape index (κ1) is 9.02. The van der Waals surface area contributed by atoms with Gasteiger partial charge in [-0.15, -0.1) is 0 Å². The number of thioether (sulfide) groups is 1. The molecule has 6 heteroatoms. The SMILES string of the molecule is N#C[C@]12C[C@]1(C#N)C(N)=N[C@@]21OCCS1. The van der Waals surface area contributed by atoms with Crippen molar-refractivity contribution in [3.8, 4) is 12.1 Å². The third kappa shape index (κ3) is 0.676. The zero-order valence-corrected chi connectivity index (χ0v) is 8.67. The summed E-state index contributed by atoms with van der Waals surface area (Å²) in [5.74, 6) is 1.06. The van der Waals surface area contributed by atoms with Crippen LogP contribution in [0.4, 0.5) is 0 Å². The van der Waals surface area contributed by atoms with Gasteiger partial charge in [0.15, 0.2) is 0 Å². The van der Waals surface area contributed by atoms with E-state index >= 15 is 0 Å². The zero-order valence-electron chi connectivity index (χ0n) is 7.86. The summed E-state index contributed by atoms with van der Waals surface area (Å²) in [7, 11) is 0. The maximum Gasteiger partial charge on any atom is 0.230 e. The molecule has 76 valence electrons. The number of amidine groups is 1. The quantitative estimate of drug-likeness (QED) is 0.629. The van der Waals surface area contributed by atoms with E-state index in [9.17, 15) is 5.26 Å². The zero-order chi connectivity index (χ0) is 10.7. The summed E-state index contributed by atoms with van der Waals surface area (Å²) in [6.07, 6.45) is 0.454. The molecule has 0 aromatic heterocycles. The Hall–Kier alpha value is -1.24. The third-order valence-electron chi connectivity index (χ3n) is 3.44. The number of fused-ring (bicyclic) bond motifs is 2. The average Bonchev–Trinajstić information content (AvgIpc) is 2.67. The molecule has 0 unspecified atom stereocenters. The van der Waals surface area contributed by atoms with Gasteiger partial charge in [0.1, 0.15) is 16.7 Å². The van der Waals surface area contributed by atoms with Crippen molar-refractivity contribution in [2.24, 2.45) is 21.6 Å². The second-order valence-electron chi connectivity index (χ2n) is 3.99. The van der Waals surface area contributed by atoms with E-state index in [-0.39, 0.29) is 5.84 Å². The highest BCUT2D eigenvalue weighted by Gasteiger charge is 2.86. The summed E-state index contributed by atoms with van der Waals surface area (Å²) in [6.45, 7) is 0.562. The lowest BCUT2D eigenvalue weighted by atomic mass is 9.95. The number of hydrogen-bond acceptors (Lipinski definition) is 6. The molecule has 0 aromatic carbocycles. The van der Waals surface area contributed by atoms with Crippen LogP contribution >= 0.6 is 11.8 Å². The van der Waals surface area contributed by atoms with Crippen LogP contribution in [0.15, 0.2) is 4.99 Å². The van der Waals surface area contributed by atoms with Crippen molar-refractivity contribution >= 4 is 17.6 Å². The van der Waals surface area contributed by atoms with E-state index in [1.54, 1.807) is 0 Å². The highest BCUT2D eigenvalue weighted by atomic mass is 32.2. The van der Waals surface area contributed by atoms with Gasteiger partial charge in [0, 0.05) is 12.2 Å². The van der Waals surface area contributed by atoms with Gasteiger partial charge in [-0.2, -0.15) is 10.5 Å². The predicted molar refractivity (Wildman–Crippen MR) is 53.5 cm³/mol. The summed E-state index contributed by atoms with van der Waals surface area (Å²) < 4.78 is 5.57. The van der Waals surface area contributed by atoms with Gasteiger partial charge in [0.2, 0.25) is 5.06 Å². The second kappa shape index (κ2) is 2.29. The molecule has 0 aromatic rings. The molecule has 0 amide bonds.